The number of hydrogen-bond acceptors (Lipinski definition) is 3. The van der Waals surface area contributed by atoms with Crippen LogP contribution < -0.4 is 0 Å². The topological polar surface area (TPSA) is 57.5 Å². The largest absolute Gasteiger partial charge is 0.380 e. The quantitative estimate of drug-likeness (QED) is 0.438. The Kier molecular flexibility index (Phi) is 2.47. The maximum atomic E-state index is 11.2. The molecule has 3 nitrogen and oxygen atoms in total. The second kappa shape index (κ2) is 2.65. The number of carbonyl (C=O) groups excluding carboxylic acids is 1. The van der Waals surface area contributed by atoms with E-state index in [9.17, 15) is 9.18 Å². The Bertz CT molecular complexity index is 63.2. The molecule has 0 aromatic carbocycles. The Morgan fingerprint density at radius 2 is 2.00 bits per heavy atom. The van der Waals surface area contributed by atoms with Gasteiger partial charge in [0, 0.05) is 0 Å². The molecule has 0 aliphatic rings. The van der Waals surface area contributed by atoms with Gasteiger partial charge in [0.05, 0.1) is 0 Å². The SMILES string of the molecule is O=CC(O)C(O)F. The molecule has 0 saturated carbocycles. The summed E-state index contributed by atoms with van der Waals surface area (Å²) in [7, 11) is 0. The van der Waals surface area contributed by atoms with Gasteiger partial charge in [-0.15, -0.1) is 0 Å². The third-order valence-corrected chi connectivity index (χ3v) is 0.421. The van der Waals surface area contributed by atoms with E-state index in [0.29, 0.717) is 0 Å². The maximum absolute atomic E-state index is 11.2. The van der Waals surface area contributed by atoms with Crippen LogP contribution in [0, 0.1) is 0 Å². The van der Waals surface area contributed by atoms with Gasteiger partial charge in [-0.1, -0.05) is 0 Å². The van der Waals surface area contributed by atoms with E-state index >= 15 is 0 Å². The van der Waals surface area contributed by atoms with Gasteiger partial charge in [0.15, 0.2) is 12.4 Å². The maximum Gasteiger partial charge on any atom is 0.229 e. The summed E-state index contributed by atoms with van der Waals surface area (Å²) in [6, 6.07) is 0. The van der Waals surface area contributed by atoms with Crippen molar-refractivity contribution < 1.29 is 19.4 Å². The number of rotatable bonds is 2. The van der Waals surface area contributed by atoms with Crippen LogP contribution in [0.2, 0.25) is 0 Å². The van der Waals surface area contributed by atoms with Crippen molar-refractivity contribution in [2.75, 3.05) is 0 Å². The van der Waals surface area contributed by atoms with Crippen molar-refractivity contribution in [1.29, 1.82) is 0 Å². The van der Waals surface area contributed by atoms with Crippen molar-refractivity contribution in [2.45, 2.75) is 12.5 Å². The Balaban J connectivity index is 3.33. The van der Waals surface area contributed by atoms with Crippen LogP contribution in [0.3, 0.4) is 0 Å². The van der Waals surface area contributed by atoms with E-state index in [1.54, 1.807) is 0 Å². The standard InChI is InChI=1S/C3H5FO3/c4-3(7)2(6)1-5/h1-3,6-7H. The second-order valence-electron chi connectivity index (χ2n) is 0.999. The van der Waals surface area contributed by atoms with E-state index in [1.165, 1.54) is 0 Å². The average molecular weight is 108 g/mol. The van der Waals surface area contributed by atoms with Crippen LogP contribution in [0.1, 0.15) is 0 Å². The highest BCUT2D eigenvalue weighted by Gasteiger charge is 2.11. The molecule has 0 aliphatic carbocycles. The predicted octanol–water partition coefficient (Wildman–Crippen LogP) is -1.17. The molecule has 0 bridgehead atoms. The summed E-state index contributed by atoms with van der Waals surface area (Å²) >= 11 is 0. The number of halogens is 1. The lowest BCUT2D eigenvalue weighted by atomic mass is 10.4. The monoisotopic (exact) mass is 108 g/mol. The van der Waals surface area contributed by atoms with Crippen LogP contribution in [0.15, 0.2) is 0 Å². The van der Waals surface area contributed by atoms with Crippen LogP contribution in [0.4, 0.5) is 4.39 Å². The summed E-state index contributed by atoms with van der Waals surface area (Å²) in [6.07, 6.45) is -4.41. The van der Waals surface area contributed by atoms with Gasteiger partial charge < -0.3 is 15.0 Å². The van der Waals surface area contributed by atoms with Gasteiger partial charge in [0.1, 0.15) is 0 Å². The molecule has 0 rings (SSSR count). The first-order valence-electron chi connectivity index (χ1n) is 1.64. The molecule has 0 aromatic rings. The molecule has 0 spiro atoms. The van der Waals surface area contributed by atoms with Crippen LogP contribution in [-0.4, -0.2) is 29.0 Å². The van der Waals surface area contributed by atoms with Crippen molar-refractivity contribution in [3.8, 4) is 0 Å². The summed E-state index contributed by atoms with van der Waals surface area (Å²) in [4.78, 5) is 9.30. The molecule has 0 heterocycles. The fourth-order valence-electron chi connectivity index (χ4n) is 0.0648. The van der Waals surface area contributed by atoms with Gasteiger partial charge in [0.25, 0.3) is 0 Å². The van der Waals surface area contributed by atoms with Crippen molar-refractivity contribution in [3.05, 3.63) is 0 Å². The van der Waals surface area contributed by atoms with Gasteiger partial charge >= 0.3 is 0 Å². The van der Waals surface area contributed by atoms with Gasteiger partial charge in [-0.05, 0) is 0 Å². The summed E-state index contributed by atoms with van der Waals surface area (Å²) < 4.78 is 11.2. The zero-order chi connectivity index (χ0) is 5.86. The molecule has 0 amide bonds. The van der Waals surface area contributed by atoms with E-state index in [0.717, 1.165) is 0 Å². The van der Waals surface area contributed by atoms with E-state index in [-0.39, 0.29) is 6.29 Å². The minimum absolute atomic E-state index is 0.0787. The highest BCUT2D eigenvalue weighted by Crippen LogP contribution is 1.87. The Hall–Kier alpha value is -0.480. The van der Waals surface area contributed by atoms with E-state index in [4.69, 9.17) is 10.2 Å². The van der Waals surface area contributed by atoms with Crippen LogP contribution >= 0.6 is 0 Å². The molecule has 2 atom stereocenters. The summed E-state index contributed by atoms with van der Waals surface area (Å²) in [5, 5.41) is 15.6. The fourth-order valence-corrected chi connectivity index (χ4v) is 0.0648. The molecule has 0 saturated heterocycles. The molecular formula is C3H5FO3. The molecule has 0 aromatic heterocycles. The lowest BCUT2D eigenvalue weighted by Gasteiger charge is -1.98. The van der Waals surface area contributed by atoms with E-state index in [2.05, 4.69) is 0 Å². The van der Waals surface area contributed by atoms with Crippen molar-refractivity contribution in [3.63, 3.8) is 0 Å². The molecule has 42 valence electrons. The minimum atomic E-state index is -2.45. The van der Waals surface area contributed by atoms with Crippen LogP contribution in [-0.2, 0) is 4.79 Å². The van der Waals surface area contributed by atoms with Gasteiger partial charge in [-0.25, -0.2) is 4.39 Å². The number of hydrogen-bond donors (Lipinski definition) is 2. The minimum Gasteiger partial charge on any atom is -0.380 e. The van der Waals surface area contributed by atoms with Gasteiger partial charge in [-0.2, -0.15) is 0 Å². The van der Waals surface area contributed by atoms with Gasteiger partial charge in [0.2, 0.25) is 6.36 Å². The van der Waals surface area contributed by atoms with Crippen molar-refractivity contribution in [1.82, 2.24) is 0 Å². The third-order valence-electron chi connectivity index (χ3n) is 0.421. The third kappa shape index (κ3) is 2.24. The van der Waals surface area contributed by atoms with Crippen molar-refractivity contribution >= 4 is 6.29 Å². The van der Waals surface area contributed by atoms with Crippen LogP contribution in [0.25, 0.3) is 0 Å². The smallest absolute Gasteiger partial charge is 0.229 e. The number of carbonyl (C=O) groups is 1. The Morgan fingerprint density at radius 3 is 2.00 bits per heavy atom. The molecule has 2 N–H and O–H groups in total. The summed E-state index contributed by atoms with van der Waals surface area (Å²) in [5.74, 6) is 0. The molecular weight excluding hydrogens is 103 g/mol. The van der Waals surface area contributed by atoms with Crippen molar-refractivity contribution in [2.24, 2.45) is 0 Å². The predicted molar refractivity (Wildman–Crippen MR) is 19.2 cm³/mol. The first-order valence-corrected chi connectivity index (χ1v) is 1.64. The molecule has 0 aliphatic heterocycles. The molecule has 4 heteroatoms. The van der Waals surface area contributed by atoms with E-state index in [1.807, 2.05) is 0 Å². The Labute approximate surface area is 39.4 Å². The molecule has 7 heavy (non-hydrogen) atoms. The highest BCUT2D eigenvalue weighted by molar-refractivity contribution is 5.55. The number of aldehydes is 1. The molecule has 2 unspecified atom stereocenters. The lowest BCUT2D eigenvalue weighted by Crippen LogP contribution is -2.21. The molecule has 0 radical (unpaired) electrons. The summed E-state index contributed by atoms with van der Waals surface area (Å²) in [5.41, 5.74) is 0. The van der Waals surface area contributed by atoms with Crippen LogP contribution in [0.5, 0.6) is 0 Å². The average Bonchev–Trinajstić information content (AvgIpc) is 1.65. The number of alkyl halides is 1. The zero-order valence-electron chi connectivity index (χ0n) is 3.41. The van der Waals surface area contributed by atoms with Gasteiger partial charge in [-0.3, -0.25) is 0 Å². The first kappa shape index (κ1) is 6.52. The zero-order valence-corrected chi connectivity index (χ0v) is 3.41. The normalized spacial score (nSPS) is 18.1. The number of aliphatic hydroxyl groups excluding tert-OH is 2. The fraction of sp³-hybridized carbons (Fsp3) is 0.667. The van der Waals surface area contributed by atoms with E-state index < -0.39 is 12.5 Å². The number of aliphatic hydroxyl groups is 2. The molecule has 0 fully saturated rings. The first-order chi connectivity index (χ1) is 3.18. The lowest BCUT2D eigenvalue weighted by molar-refractivity contribution is -0.128. The highest BCUT2D eigenvalue weighted by atomic mass is 19.1. The summed E-state index contributed by atoms with van der Waals surface area (Å²) in [6.45, 7) is 0. The second-order valence-corrected chi connectivity index (χ2v) is 0.999. The Morgan fingerprint density at radius 1 is 1.57 bits per heavy atom.